The topological polar surface area (TPSA) is 75.6 Å². The molecule has 118 valence electrons. The van der Waals surface area contributed by atoms with Crippen LogP contribution < -0.4 is 10.1 Å². The van der Waals surface area contributed by atoms with Crippen LogP contribution in [0.3, 0.4) is 0 Å². The number of hydrogen-bond donors (Lipinski definition) is 2. The average Bonchev–Trinajstić information content (AvgIpc) is 2.59. The number of ether oxygens (including phenoxy) is 1. The summed E-state index contributed by atoms with van der Waals surface area (Å²) in [6, 6.07) is 16.4. The Morgan fingerprint density at radius 1 is 1.00 bits per heavy atom. The van der Waals surface area contributed by atoms with Gasteiger partial charge in [-0.2, -0.15) is 0 Å². The molecule has 0 bridgehead atoms. The van der Waals surface area contributed by atoms with Crippen molar-refractivity contribution in [2.45, 2.75) is 6.04 Å². The lowest BCUT2D eigenvalue weighted by Crippen LogP contribution is -2.27. The number of carbonyl (C=O) groups is 2. The van der Waals surface area contributed by atoms with Crippen LogP contribution in [0.5, 0.6) is 5.75 Å². The number of carboxylic acid groups (broad SMARTS) is 1. The summed E-state index contributed by atoms with van der Waals surface area (Å²) in [5, 5.41) is 11.4. The summed E-state index contributed by atoms with van der Waals surface area (Å²) >= 11 is 0. The van der Waals surface area contributed by atoms with E-state index in [0.29, 0.717) is 0 Å². The van der Waals surface area contributed by atoms with Gasteiger partial charge in [-0.25, -0.2) is 4.79 Å². The fourth-order valence-corrected chi connectivity index (χ4v) is 2.14. The van der Waals surface area contributed by atoms with E-state index in [9.17, 15) is 9.59 Å². The second kappa shape index (κ2) is 7.79. The molecule has 5 heteroatoms. The molecule has 0 saturated heterocycles. The van der Waals surface area contributed by atoms with Crippen LogP contribution in [0, 0.1) is 0 Å². The van der Waals surface area contributed by atoms with Crippen LogP contribution in [0.4, 0.5) is 0 Å². The largest absolute Gasteiger partial charge is 0.497 e. The van der Waals surface area contributed by atoms with E-state index in [4.69, 9.17) is 9.84 Å². The molecule has 1 atom stereocenters. The molecular weight excluding hydrogens is 294 g/mol. The predicted molar refractivity (Wildman–Crippen MR) is 86.2 cm³/mol. The number of aliphatic carboxylic acids is 1. The van der Waals surface area contributed by atoms with Crippen molar-refractivity contribution in [1.29, 1.82) is 0 Å². The normalized spacial score (nSPS) is 11.9. The molecule has 0 unspecified atom stereocenters. The van der Waals surface area contributed by atoms with Gasteiger partial charge in [0.2, 0.25) is 5.91 Å². The Kier molecular flexibility index (Phi) is 5.52. The first-order chi connectivity index (χ1) is 11.1. The number of rotatable bonds is 6. The molecule has 0 fully saturated rings. The molecule has 2 aromatic carbocycles. The number of carbonyl (C=O) groups excluding carboxylic acids is 1. The molecule has 5 nitrogen and oxygen atoms in total. The molecule has 0 radical (unpaired) electrons. The lowest BCUT2D eigenvalue weighted by atomic mass is 9.98. The Bertz CT molecular complexity index is 693. The molecule has 0 aliphatic heterocycles. The van der Waals surface area contributed by atoms with E-state index in [1.807, 2.05) is 54.6 Å². The molecular formula is C18H17NO4. The van der Waals surface area contributed by atoms with Gasteiger partial charge in [-0.3, -0.25) is 4.79 Å². The van der Waals surface area contributed by atoms with E-state index in [1.165, 1.54) is 0 Å². The van der Waals surface area contributed by atoms with Gasteiger partial charge in [0.1, 0.15) is 5.75 Å². The van der Waals surface area contributed by atoms with Crippen molar-refractivity contribution >= 4 is 11.9 Å². The number of benzene rings is 2. The third-order valence-electron chi connectivity index (χ3n) is 3.25. The molecule has 1 amide bonds. The van der Waals surface area contributed by atoms with Crippen LogP contribution in [-0.2, 0) is 9.59 Å². The number of amides is 1. The Labute approximate surface area is 134 Å². The van der Waals surface area contributed by atoms with Crippen molar-refractivity contribution < 1.29 is 19.4 Å². The van der Waals surface area contributed by atoms with Crippen molar-refractivity contribution in [3.8, 4) is 5.75 Å². The minimum atomic E-state index is -1.17. The monoisotopic (exact) mass is 311 g/mol. The highest BCUT2D eigenvalue weighted by Gasteiger charge is 2.15. The summed E-state index contributed by atoms with van der Waals surface area (Å²) < 4.78 is 5.14. The standard InChI is InChI=1S/C18H17NO4/c1-23-15-9-7-14(8-10-15)18(13-5-3-2-4-6-13)19-16(20)11-12-17(21)22/h2-12,18H,1H3,(H,19,20)(H,21,22)/t18-/m1/s1. The first-order valence-electron chi connectivity index (χ1n) is 7.00. The minimum Gasteiger partial charge on any atom is -0.497 e. The lowest BCUT2D eigenvalue weighted by molar-refractivity contribution is -0.131. The van der Waals surface area contributed by atoms with E-state index in [-0.39, 0.29) is 6.04 Å². The maximum absolute atomic E-state index is 11.9. The van der Waals surface area contributed by atoms with Crippen LogP contribution in [0.15, 0.2) is 66.7 Å². The van der Waals surface area contributed by atoms with Gasteiger partial charge < -0.3 is 15.2 Å². The summed E-state index contributed by atoms with van der Waals surface area (Å²) in [4.78, 5) is 22.5. The van der Waals surface area contributed by atoms with Crippen LogP contribution in [0.2, 0.25) is 0 Å². The number of carboxylic acids is 1. The quantitative estimate of drug-likeness (QED) is 0.804. The van der Waals surface area contributed by atoms with Gasteiger partial charge >= 0.3 is 5.97 Å². The van der Waals surface area contributed by atoms with Crippen molar-refractivity contribution in [2.75, 3.05) is 7.11 Å². The van der Waals surface area contributed by atoms with Gasteiger partial charge in [0.15, 0.2) is 0 Å². The third-order valence-corrected chi connectivity index (χ3v) is 3.25. The zero-order valence-electron chi connectivity index (χ0n) is 12.6. The highest BCUT2D eigenvalue weighted by molar-refractivity contribution is 5.94. The first kappa shape index (κ1) is 16.3. The summed E-state index contributed by atoms with van der Waals surface area (Å²) in [5.41, 5.74) is 1.77. The van der Waals surface area contributed by atoms with Gasteiger partial charge in [0.25, 0.3) is 0 Å². The Morgan fingerprint density at radius 3 is 2.17 bits per heavy atom. The maximum atomic E-state index is 11.9. The van der Waals surface area contributed by atoms with Crippen LogP contribution >= 0.6 is 0 Å². The number of methoxy groups -OCH3 is 1. The second-order valence-corrected chi connectivity index (χ2v) is 4.80. The maximum Gasteiger partial charge on any atom is 0.328 e. The zero-order chi connectivity index (χ0) is 16.7. The Balaban J connectivity index is 2.28. The van der Waals surface area contributed by atoms with Crippen molar-refractivity contribution in [3.63, 3.8) is 0 Å². The van der Waals surface area contributed by atoms with Crippen LogP contribution in [0.25, 0.3) is 0 Å². The van der Waals surface area contributed by atoms with E-state index >= 15 is 0 Å². The van der Waals surface area contributed by atoms with Gasteiger partial charge in [0.05, 0.1) is 13.2 Å². The third kappa shape index (κ3) is 4.71. The minimum absolute atomic E-state index is 0.381. The summed E-state index contributed by atoms with van der Waals surface area (Å²) in [6.07, 6.45) is 1.81. The fraction of sp³-hybridized carbons (Fsp3) is 0.111. The van der Waals surface area contributed by atoms with Crippen molar-refractivity contribution in [1.82, 2.24) is 5.32 Å². The lowest BCUT2D eigenvalue weighted by Gasteiger charge is -2.19. The Morgan fingerprint density at radius 2 is 1.61 bits per heavy atom. The number of nitrogens with one attached hydrogen (secondary N) is 1. The summed E-state index contributed by atoms with van der Waals surface area (Å²) in [7, 11) is 1.59. The highest BCUT2D eigenvalue weighted by atomic mass is 16.5. The molecule has 23 heavy (non-hydrogen) atoms. The van der Waals surface area contributed by atoms with E-state index in [2.05, 4.69) is 5.32 Å². The van der Waals surface area contributed by atoms with E-state index in [1.54, 1.807) is 7.11 Å². The van der Waals surface area contributed by atoms with Crippen LogP contribution in [0.1, 0.15) is 17.2 Å². The highest BCUT2D eigenvalue weighted by Crippen LogP contribution is 2.24. The van der Waals surface area contributed by atoms with Gasteiger partial charge in [0, 0.05) is 12.2 Å². The van der Waals surface area contributed by atoms with Gasteiger partial charge in [-0.1, -0.05) is 42.5 Å². The molecule has 0 aliphatic rings. The molecule has 0 aliphatic carbocycles. The summed E-state index contributed by atoms with van der Waals surface area (Å²) in [5.74, 6) is -0.921. The van der Waals surface area contributed by atoms with Crippen molar-refractivity contribution in [3.05, 3.63) is 77.9 Å². The molecule has 0 aromatic heterocycles. The second-order valence-electron chi connectivity index (χ2n) is 4.80. The van der Waals surface area contributed by atoms with Gasteiger partial charge in [-0.05, 0) is 23.3 Å². The average molecular weight is 311 g/mol. The van der Waals surface area contributed by atoms with Crippen LogP contribution in [-0.4, -0.2) is 24.1 Å². The smallest absolute Gasteiger partial charge is 0.328 e. The fourth-order valence-electron chi connectivity index (χ4n) is 2.14. The van der Waals surface area contributed by atoms with Crippen molar-refractivity contribution in [2.24, 2.45) is 0 Å². The first-order valence-corrected chi connectivity index (χ1v) is 7.00. The summed E-state index contributed by atoms with van der Waals surface area (Å²) in [6.45, 7) is 0. The molecule has 0 saturated carbocycles. The van der Waals surface area contributed by atoms with Gasteiger partial charge in [-0.15, -0.1) is 0 Å². The Hall–Kier alpha value is -3.08. The molecule has 0 spiro atoms. The number of hydrogen-bond acceptors (Lipinski definition) is 3. The molecule has 0 heterocycles. The molecule has 2 aromatic rings. The molecule has 2 rings (SSSR count). The van der Waals surface area contributed by atoms with E-state index < -0.39 is 11.9 Å². The predicted octanol–water partition coefficient (Wildman–Crippen LogP) is 2.54. The zero-order valence-corrected chi connectivity index (χ0v) is 12.6. The molecule has 2 N–H and O–H groups in total. The van der Waals surface area contributed by atoms with E-state index in [0.717, 1.165) is 29.0 Å². The SMILES string of the molecule is COc1ccc([C@H](NC(=O)C=CC(=O)O)c2ccccc2)cc1.